The van der Waals surface area contributed by atoms with E-state index in [1.807, 2.05) is 12.1 Å². The maximum Gasteiger partial charge on any atom is 0.262 e. The van der Waals surface area contributed by atoms with Crippen LogP contribution in [-0.2, 0) is 6.42 Å². The van der Waals surface area contributed by atoms with Crippen molar-refractivity contribution in [2.24, 2.45) is 0 Å². The van der Waals surface area contributed by atoms with E-state index < -0.39 is 0 Å². The van der Waals surface area contributed by atoms with Crippen LogP contribution in [-0.4, -0.2) is 19.6 Å². The van der Waals surface area contributed by atoms with Crippen LogP contribution in [0.1, 0.15) is 22.3 Å². The molecule has 3 rings (SSSR count). The van der Waals surface area contributed by atoms with Gasteiger partial charge in [0, 0.05) is 12.2 Å². The van der Waals surface area contributed by atoms with E-state index in [1.165, 1.54) is 12.1 Å². The summed E-state index contributed by atoms with van der Waals surface area (Å²) in [6.07, 6.45) is 1.63. The van der Waals surface area contributed by atoms with Gasteiger partial charge in [0.2, 0.25) is 0 Å². The predicted molar refractivity (Wildman–Crippen MR) is 79.4 cm³/mol. The van der Waals surface area contributed by atoms with Crippen LogP contribution in [0.15, 0.2) is 42.5 Å². The highest BCUT2D eigenvalue weighted by Gasteiger charge is 2.25. The number of aryl methyl sites for hydroxylation is 1. The number of hydrogen-bond donors (Lipinski definition) is 0. The van der Waals surface area contributed by atoms with Crippen LogP contribution in [0.4, 0.5) is 10.1 Å². The quantitative estimate of drug-likeness (QED) is 0.846. The molecule has 3 nitrogen and oxygen atoms in total. The number of benzene rings is 2. The second-order valence-electron chi connectivity index (χ2n) is 5.03. The molecule has 0 aromatic heterocycles. The van der Waals surface area contributed by atoms with Crippen LogP contribution in [0.5, 0.6) is 5.75 Å². The van der Waals surface area contributed by atoms with Gasteiger partial charge in [-0.3, -0.25) is 4.79 Å². The first-order valence-electron chi connectivity index (χ1n) is 6.94. The Bertz CT molecular complexity index is 684. The van der Waals surface area contributed by atoms with E-state index in [0.29, 0.717) is 17.9 Å². The van der Waals surface area contributed by atoms with Gasteiger partial charge < -0.3 is 9.64 Å². The number of anilines is 1. The highest BCUT2D eigenvalue weighted by atomic mass is 19.1. The van der Waals surface area contributed by atoms with E-state index >= 15 is 0 Å². The zero-order chi connectivity index (χ0) is 14.8. The van der Waals surface area contributed by atoms with Crippen LogP contribution in [0.3, 0.4) is 0 Å². The van der Waals surface area contributed by atoms with Crippen LogP contribution in [0, 0.1) is 5.82 Å². The smallest absolute Gasteiger partial charge is 0.262 e. The monoisotopic (exact) mass is 285 g/mol. The summed E-state index contributed by atoms with van der Waals surface area (Å²) in [5, 5.41) is 0. The van der Waals surface area contributed by atoms with E-state index in [4.69, 9.17) is 4.74 Å². The molecule has 0 aliphatic carbocycles. The Morgan fingerprint density at radius 2 is 2.05 bits per heavy atom. The van der Waals surface area contributed by atoms with Crippen molar-refractivity contribution in [2.75, 3.05) is 18.6 Å². The van der Waals surface area contributed by atoms with Crippen molar-refractivity contribution >= 4 is 11.6 Å². The lowest BCUT2D eigenvalue weighted by Crippen LogP contribution is -2.35. The topological polar surface area (TPSA) is 29.5 Å². The fourth-order valence-corrected chi connectivity index (χ4v) is 2.74. The van der Waals surface area contributed by atoms with Crippen molar-refractivity contribution < 1.29 is 13.9 Å². The van der Waals surface area contributed by atoms with Gasteiger partial charge in [0.15, 0.2) is 0 Å². The summed E-state index contributed by atoms with van der Waals surface area (Å²) in [7, 11) is 1.55. The summed E-state index contributed by atoms with van der Waals surface area (Å²) >= 11 is 0. The second kappa shape index (κ2) is 5.56. The summed E-state index contributed by atoms with van der Waals surface area (Å²) in [6.45, 7) is 0.634. The first-order valence-corrected chi connectivity index (χ1v) is 6.94. The lowest BCUT2D eigenvalue weighted by molar-refractivity contribution is 0.0982. The van der Waals surface area contributed by atoms with Gasteiger partial charge in [-0.1, -0.05) is 12.1 Å². The molecule has 2 aromatic rings. The van der Waals surface area contributed by atoms with Crippen molar-refractivity contribution in [2.45, 2.75) is 12.8 Å². The van der Waals surface area contributed by atoms with Gasteiger partial charge in [-0.2, -0.15) is 0 Å². The van der Waals surface area contributed by atoms with Gasteiger partial charge in [0.25, 0.3) is 5.91 Å². The number of ether oxygens (including phenoxy) is 1. The number of halogens is 1. The molecule has 0 bridgehead atoms. The fraction of sp³-hybridized carbons (Fsp3) is 0.235. The molecular formula is C17H16FNO2. The number of methoxy groups -OCH3 is 1. The summed E-state index contributed by atoms with van der Waals surface area (Å²) in [6, 6.07) is 11.7. The lowest BCUT2D eigenvalue weighted by atomic mass is 10.0. The molecule has 0 N–H and O–H groups in total. The third-order valence-electron chi connectivity index (χ3n) is 3.74. The minimum atomic E-state index is -0.264. The molecule has 4 heteroatoms. The second-order valence-corrected chi connectivity index (χ2v) is 5.03. The number of fused-ring (bicyclic) bond motifs is 1. The molecule has 0 atom stereocenters. The Balaban J connectivity index is 2.00. The van der Waals surface area contributed by atoms with Crippen molar-refractivity contribution in [3.8, 4) is 5.75 Å². The average Bonchev–Trinajstić information content (AvgIpc) is 2.53. The molecule has 1 amide bonds. The minimum absolute atomic E-state index is 0.111. The van der Waals surface area contributed by atoms with E-state index in [9.17, 15) is 9.18 Å². The summed E-state index contributed by atoms with van der Waals surface area (Å²) < 4.78 is 18.6. The van der Waals surface area contributed by atoms with Gasteiger partial charge in [-0.25, -0.2) is 4.39 Å². The van der Waals surface area contributed by atoms with Gasteiger partial charge in [0.05, 0.1) is 12.7 Å². The molecule has 2 aromatic carbocycles. The number of para-hydroxylation sites is 1. The van der Waals surface area contributed by atoms with Crippen LogP contribution in [0.25, 0.3) is 0 Å². The summed E-state index contributed by atoms with van der Waals surface area (Å²) in [4.78, 5) is 14.5. The highest BCUT2D eigenvalue weighted by molar-refractivity contribution is 6.08. The van der Waals surface area contributed by atoms with Crippen molar-refractivity contribution in [1.82, 2.24) is 0 Å². The Kier molecular flexibility index (Phi) is 3.60. The predicted octanol–water partition coefficient (Wildman–Crippen LogP) is 3.43. The zero-order valence-electron chi connectivity index (χ0n) is 11.8. The number of hydrogen-bond acceptors (Lipinski definition) is 2. The van der Waals surface area contributed by atoms with Crippen molar-refractivity contribution in [3.05, 3.63) is 59.4 Å². The first-order chi connectivity index (χ1) is 10.2. The van der Waals surface area contributed by atoms with E-state index in [1.54, 1.807) is 30.2 Å². The van der Waals surface area contributed by atoms with Crippen LogP contribution >= 0.6 is 0 Å². The normalized spacial score (nSPS) is 13.7. The largest absolute Gasteiger partial charge is 0.496 e. The molecule has 0 radical (unpaired) electrons. The van der Waals surface area contributed by atoms with Crippen LogP contribution in [0.2, 0.25) is 0 Å². The number of amides is 1. The van der Waals surface area contributed by atoms with Crippen molar-refractivity contribution in [1.29, 1.82) is 0 Å². The summed E-state index contributed by atoms with van der Waals surface area (Å²) in [5.41, 5.74) is 2.19. The fourth-order valence-electron chi connectivity index (χ4n) is 2.74. The lowest BCUT2D eigenvalue weighted by Gasteiger charge is -2.30. The molecule has 21 heavy (non-hydrogen) atoms. The molecule has 108 valence electrons. The maximum absolute atomic E-state index is 13.3. The average molecular weight is 285 g/mol. The van der Waals surface area contributed by atoms with E-state index in [0.717, 1.165) is 24.1 Å². The van der Waals surface area contributed by atoms with Gasteiger partial charge in [-0.15, -0.1) is 0 Å². The summed E-state index contributed by atoms with van der Waals surface area (Å²) in [5.74, 6) is 0.178. The standard InChI is InChI=1S/C17H16FNO2/c1-21-16-7-3-2-6-14(16)17(20)19-10-4-5-12-11-13(18)8-9-15(12)19/h2-3,6-9,11H,4-5,10H2,1H3. The number of carbonyl (C=O) groups is 1. The number of nitrogens with zero attached hydrogens (tertiary/aromatic N) is 1. The molecule has 0 fully saturated rings. The molecule has 0 unspecified atom stereocenters. The third kappa shape index (κ3) is 2.49. The first kappa shape index (κ1) is 13.6. The van der Waals surface area contributed by atoms with Crippen molar-refractivity contribution in [3.63, 3.8) is 0 Å². The van der Waals surface area contributed by atoms with E-state index in [-0.39, 0.29) is 11.7 Å². The number of carbonyl (C=O) groups excluding carboxylic acids is 1. The van der Waals surface area contributed by atoms with Crippen LogP contribution < -0.4 is 9.64 Å². The van der Waals surface area contributed by atoms with Gasteiger partial charge >= 0.3 is 0 Å². The molecular weight excluding hydrogens is 269 g/mol. The Morgan fingerprint density at radius 1 is 1.24 bits per heavy atom. The molecule has 1 heterocycles. The Morgan fingerprint density at radius 3 is 2.86 bits per heavy atom. The zero-order valence-corrected chi connectivity index (χ0v) is 11.8. The molecule has 1 aliphatic rings. The van der Waals surface area contributed by atoms with E-state index in [2.05, 4.69) is 0 Å². The van der Waals surface area contributed by atoms with Gasteiger partial charge in [-0.05, 0) is 48.7 Å². The minimum Gasteiger partial charge on any atom is -0.496 e. The SMILES string of the molecule is COc1ccccc1C(=O)N1CCCc2cc(F)ccc21. The number of rotatable bonds is 2. The Hall–Kier alpha value is -2.36. The van der Waals surface area contributed by atoms with Gasteiger partial charge in [0.1, 0.15) is 11.6 Å². The molecule has 0 saturated carbocycles. The highest BCUT2D eigenvalue weighted by Crippen LogP contribution is 2.30. The Labute approximate surface area is 123 Å². The maximum atomic E-state index is 13.3. The molecule has 0 spiro atoms. The molecule has 0 saturated heterocycles. The third-order valence-corrected chi connectivity index (χ3v) is 3.74. The molecule has 1 aliphatic heterocycles.